The van der Waals surface area contributed by atoms with Crippen molar-refractivity contribution >= 4 is 50.2 Å². The van der Waals surface area contributed by atoms with Crippen molar-refractivity contribution in [2.45, 2.75) is 11.4 Å². The molecule has 1 aromatic heterocycles. The van der Waals surface area contributed by atoms with E-state index in [0.717, 1.165) is 21.7 Å². The van der Waals surface area contributed by atoms with Crippen molar-refractivity contribution in [1.29, 1.82) is 0 Å². The number of halogens is 2. The molecule has 0 atom stereocenters. The van der Waals surface area contributed by atoms with Gasteiger partial charge in [-0.05, 0) is 35.9 Å². The molecule has 4 rings (SSSR count). The van der Waals surface area contributed by atoms with E-state index < -0.39 is 10.0 Å². The fourth-order valence-corrected chi connectivity index (χ4v) is 5.77. The first kappa shape index (κ1) is 22.8. The molecule has 1 heterocycles. The number of sulfonamides is 1. The van der Waals surface area contributed by atoms with Crippen molar-refractivity contribution in [3.05, 3.63) is 98.6 Å². The van der Waals surface area contributed by atoms with Crippen LogP contribution < -0.4 is 9.52 Å². The second-order valence-corrected chi connectivity index (χ2v) is 10.4. The van der Waals surface area contributed by atoms with Crippen molar-refractivity contribution in [3.63, 3.8) is 0 Å². The highest BCUT2D eigenvalue weighted by Gasteiger charge is 2.20. The molecule has 3 aromatic carbocycles. The lowest BCUT2D eigenvalue weighted by Gasteiger charge is -2.11. The van der Waals surface area contributed by atoms with Crippen molar-refractivity contribution in [3.8, 4) is 11.3 Å². The minimum absolute atomic E-state index is 0.0106. The molecule has 0 saturated heterocycles. The Hall–Kier alpha value is -2.42. The maximum absolute atomic E-state index is 13.0. The molecule has 4 aromatic rings. The van der Waals surface area contributed by atoms with Crippen LogP contribution in [0.25, 0.3) is 11.3 Å². The molecule has 0 bridgehead atoms. The zero-order valence-corrected chi connectivity index (χ0v) is 20.1. The van der Waals surface area contributed by atoms with Gasteiger partial charge < -0.3 is 4.57 Å². The average molecular weight is 504 g/mol. The van der Waals surface area contributed by atoms with E-state index in [2.05, 4.69) is 9.71 Å². The Labute approximate surface area is 200 Å². The van der Waals surface area contributed by atoms with Crippen molar-refractivity contribution in [1.82, 2.24) is 9.29 Å². The number of aromatic nitrogens is 1. The molecular formula is C23H19Cl2N3O2S2. The van der Waals surface area contributed by atoms with Crippen molar-refractivity contribution < 1.29 is 8.42 Å². The Morgan fingerprint density at radius 2 is 1.69 bits per heavy atom. The number of para-hydroxylation sites is 1. The monoisotopic (exact) mass is 503 g/mol. The molecular weight excluding hydrogens is 485 g/mol. The lowest BCUT2D eigenvalue weighted by molar-refractivity contribution is 0.581. The van der Waals surface area contributed by atoms with E-state index in [-0.39, 0.29) is 16.5 Å². The highest BCUT2D eigenvalue weighted by Crippen LogP contribution is 2.29. The summed E-state index contributed by atoms with van der Waals surface area (Å²) in [4.78, 5) is 5.46. The van der Waals surface area contributed by atoms with E-state index in [0.29, 0.717) is 10.6 Å². The third-order valence-electron chi connectivity index (χ3n) is 4.83. The smallest absolute Gasteiger partial charge is 0.242 e. The topological polar surface area (TPSA) is 63.5 Å². The molecule has 0 aliphatic carbocycles. The van der Waals surface area contributed by atoms with Crippen LogP contribution in [-0.4, -0.2) is 13.0 Å². The van der Waals surface area contributed by atoms with Gasteiger partial charge in [-0.25, -0.2) is 18.1 Å². The van der Waals surface area contributed by atoms with Crippen LogP contribution in [0.4, 0.5) is 5.69 Å². The largest absolute Gasteiger partial charge is 0.320 e. The van der Waals surface area contributed by atoms with Crippen LogP contribution in [0.2, 0.25) is 10.0 Å². The first-order valence-electron chi connectivity index (χ1n) is 9.62. The Morgan fingerprint density at radius 1 is 0.969 bits per heavy atom. The lowest BCUT2D eigenvalue weighted by atomic mass is 10.2. The van der Waals surface area contributed by atoms with E-state index in [1.807, 2.05) is 47.3 Å². The molecule has 0 spiro atoms. The van der Waals surface area contributed by atoms with Crippen LogP contribution >= 0.6 is 34.5 Å². The average Bonchev–Trinajstić information content (AvgIpc) is 3.14. The maximum atomic E-state index is 13.0. The van der Waals surface area contributed by atoms with E-state index in [9.17, 15) is 8.42 Å². The van der Waals surface area contributed by atoms with Gasteiger partial charge in [0.15, 0.2) is 4.80 Å². The second-order valence-electron chi connectivity index (χ2n) is 6.97. The number of hydrogen-bond acceptors (Lipinski definition) is 4. The van der Waals surface area contributed by atoms with Gasteiger partial charge in [0.25, 0.3) is 0 Å². The first-order valence-corrected chi connectivity index (χ1v) is 12.7. The number of nitrogens with zero attached hydrogens (tertiary/aromatic N) is 2. The van der Waals surface area contributed by atoms with Crippen molar-refractivity contribution in [2.24, 2.45) is 12.0 Å². The van der Waals surface area contributed by atoms with Crippen LogP contribution in [-0.2, 0) is 23.6 Å². The Morgan fingerprint density at radius 3 is 2.44 bits per heavy atom. The van der Waals surface area contributed by atoms with Gasteiger partial charge in [0.05, 0.1) is 16.4 Å². The molecule has 5 nitrogen and oxygen atoms in total. The summed E-state index contributed by atoms with van der Waals surface area (Å²) >= 11 is 13.9. The normalized spacial score (nSPS) is 12.3. The van der Waals surface area contributed by atoms with Gasteiger partial charge in [-0.15, -0.1) is 11.3 Å². The van der Waals surface area contributed by atoms with Crippen LogP contribution in [0.1, 0.15) is 5.56 Å². The van der Waals surface area contributed by atoms with E-state index in [1.165, 1.54) is 11.3 Å². The molecule has 0 saturated carbocycles. The number of benzene rings is 3. The summed E-state index contributed by atoms with van der Waals surface area (Å²) in [6.45, 7) is 0.0644. The zero-order valence-electron chi connectivity index (χ0n) is 17.0. The Bertz CT molecular complexity index is 1430. The third-order valence-corrected chi connectivity index (χ3v) is 8.00. The number of hydrogen-bond donors (Lipinski definition) is 1. The fourth-order valence-electron chi connectivity index (χ4n) is 3.11. The van der Waals surface area contributed by atoms with Gasteiger partial charge in [0.2, 0.25) is 10.0 Å². The summed E-state index contributed by atoms with van der Waals surface area (Å²) in [5.41, 5.74) is 3.09. The number of rotatable bonds is 6. The molecule has 0 aliphatic rings. The van der Waals surface area contributed by atoms with E-state index in [1.54, 1.807) is 42.5 Å². The predicted molar refractivity (Wildman–Crippen MR) is 131 cm³/mol. The third kappa shape index (κ3) is 4.98. The minimum atomic E-state index is -3.86. The van der Waals surface area contributed by atoms with Crippen LogP contribution in [0.5, 0.6) is 0 Å². The number of nitrogens with one attached hydrogen (secondary N) is 1. The summed E-state index contributed by atoms with van der Waals surface area (Å²) < 4.78 is 30.5. The fraction of sp³-hybridized carbons (Fsp3) is 0.0870. The van der Waals surface area contributed by atoms with Gasteiger partial charge in [0, 0.05) is 29.6 Å². The first-order chi connectivity index (χ1) is 15.3. The second kappa shape index (κ2) is 9.60. The molecule has 9 heteroatoms. The summed E-state index contributed by atoms with van der Waals surface area (Å²) in [6, 6.07) is 21.7. The molecule has 0 aliphatic heterocycles. The SMILES string of the molecule is Cn1c(-c2ccc(Cl)c(S(=O)(=O)NCc3ccccc3Cl)c2)csc1=Nc1ccccc1. The van der Waals surface area contributed by atoms with Gasteiger partial charge in [-0.1, -0.05) is 65.7 Å². The quantitative estimate of drug-likeness (QED) is 0.362. The molecule has 164 valence electrons. The van der Waals surface area contributed by atoms with Crippen LogP contribution in [0.15, 0.2) is 88.1 Å². The molecule has 32 heavy (non-hydrogen) atoms. The number of thiazole rings is 1. The molecule has 0 unspecified atom stereocenters. The molecule has 0 fully saturated rings. The van der Waals surface area contributed by atoms with Crippen LogP contribution in [0, 0.1) is 0 Å². The van der Waals surface area contributed by atoms with E-state index in [4.69, 9.17) is 23.2 Å². The summed E-state index contributed by atoms with van der Waals surface area (Å²) in [5, 5.41) is 2.58. The van der Waals surface area contributed by atoms with Gasteiger partial charge in [-0.2, -0.15) is 0 Å². The summed E-state index contributed by atoms with van der Waals surface area (Å²) in [7, 11) is -1.97. The minimum Gasteiger partial charge on any atom is -0.320 e. The Balaban J connectivity index is 1.66. The predicted octanol–water partition coefficient (Wildman–Crippen LogP) is 5.77. The zero-order chi connectivity index (χ0) is 22.7. The standard InChI is InChI=1S/C23H19Cl2N3O2S2/c1-28-21(15-31-23(28)27-18-8-3-2-4-9-18)16-11-12-20(25)22(13-16)32(29,30)26-14-17-7-5-6-10-19(17)24/h2-13,15,26H,14H2,1H3. The molecule has 0 radical (unpaired) electrons. The van der Waals surface area contributed by atoms with Gasteiger partial charge in [0.1, 0.15) is 4.90 Å². The Kier molecular flexibility index (Phi) is 6.83. The van der Waals surface area contributed by atoms with Crippen LogP contribution in [0.3, 0.4) is 0 Å². The molecule has 1 N–H and O–H groups in total. The highest BCUT2D eigenvalue weighted by atomic mass is 35.5. The van der Waals surface area contributed by atoms with Crippen molar-refractivity contribution in [2.75, 3.05) is 0 Å². The highest BCUT2D eigenvalue weighted by molar-refractivity contribution is 7.89. The van der Waals surface area contributed by atoms with Gasteiger partial charge in [-0.3, -0.25) is 0 Å². The molecule has 0 amide bonds. The van der Waals surface area contributed by atoms with E-state index >= 15 is 0 Å². The summed E-state index contributed by atoms with van der Waals surface area (Å²) in [5.74, 6) is 0. The maximum Gasteiger partial charge on any atom is 0.242 e. The van der Waals surface area contributed by atoms with Gasteiger partial charge >= 0.3 is 0 Å². The summed E-state index contributed by atoms with van der Waals surface area (Å²) in [6.07, 6.45) is 0. The lowest BCUT2D eigenvalue weighted by Crippen LogP contribution is -2.23.